The zero-order valence-corrected chi connectivity index (χ0v) is 10.3. The molecule has 1 heterocycles. The fraction of sp³-hybridized carbons (Fsp3) is 0.182. The number of nitrogens with one attached hydrogen (secondary N) is 2. The summed E-state index contributed by atoms with van der Waals surface area (Å²) in [6.07, 6.45) is 1.69. The van der Waals surface area contributed by atoms with Crippen LogP contribution in [0.5, 0.6) is 0 Å². The van der Waals surface area contributed by atoms with E-state index in [1.165, 1.54) is 12.1 Å². The van der Waals surface area contributed by atoms with E-state index in [1.807, 2.05) is 13.0 Å². The number of halogens is 2. The molecule has 0 aliphatic carbocycles. The number of H-pyrrole nitrogens is 1. The van der Waals surface area contributed by atoms with Gasteiger partial charge in [-0.1, -0.05) is 0 Å². The summed E-state index contributed by atoms with van der Waals surface area (Å²) in [6, 6.07) is 6.47. The van der Waals surface area contributed by atoms with Crippen molar-refractivity contribution in [3.05, 3.63) is 46.4 Å². The van der Waals surface area contributed by atoms with Crippen molar-refractivity contribution in [2.45, 2.75) is 13.0 Å². The highest BCUT2D eigenvalue weighted by Gasteiger charge is 2.09. The Bertz CT molecular complexity index is 470. The van der Waals surface area contributed by atoms with Gasteiger partial charge < -0.3 is 5.32 Å². The van der Waals surface area contributed by atoms with E-state index in [2.05, 4.69) is 31.4 Å². The highest BCUT2D eigenvalue weighted by atomic mass is 79.9. The molecule has 5 heteroatoms. The second-order valence-corrected chi connectivity index (χ2v) is 4.36. The molecule has 0 fully saturated rings. The zero-order chi connectivity index (χ0) is 11.5. The molecule has 1 atom stereocenters. The molecule has 2 aromatic rings. The Kier molecular flexibility index (Phi) is 3.24. The molecule has 0 bridgehead atoms. The molecule has 0 aliphatic heterocycles. The third kappa shape index (κ3) is 2.41. The van der Waals surface area contributed by atoms with Crippen LogP contribution in [0.1, 0.15) is 18.7 Å². The maximum Gasteiger partial charge on any atom is 0.125 e. The number of aromatic amines is 1. The first-order chi connectivity index (χ1) is 7.66. The average molecular weight is 284 g/mol. The van der Waals surface area contributed by atoms with Crippen LogP contribution in [0.15, 0.2) is 34.9 Å². The summed E-state index contributed by atoms with van der Waals surface area (Å²) < 4.78 is 13.9. The van der Waals surface area contributed by atoms with Crippen LogP contribution in [0.3, 0.4) is 0 Å². The molecule has 84 valence electrons. The Morgan fingerprint density at radius 3 is 2.94 bits per heavy atom. The van der Waals surface area contributed by atoms with Crippen LogP contribution in [0.2, 0.25) is 0 Å². The highest BCUT2D eigenvalue weighted by molar-refractivity contribution is 9.10. The number of aromatic nitrogens is 2. The molecule has 0 aliphatic rings. The van der Waals surface area contributed by atoms with Crippen molar-refractivity contribution in [1.29, 1.82) is 0 Å². The third-order valence-electron chi connectivity index (χ3n) is 2.29. The van der Waals surface area contributed by atoms with Crippen molar-refractivity contribution < 1.29 is 4.39 Å². The van der Waals surface area contributed by atoms with Crippen molar-refractivity contribution in [1.82, 2.24) is 10.2 Å². The van der Waals surface area contributed by atoms with Crippen LogP contribution in [0.25, 0.3) is 0 Å². The van der Waals surface area contributed by atoms with Gasteiger partial charge in [-0.3, -0.25) is 5.10 Å². The topological polar surface area (TPSA) is 40.7 Å². The van der Waals surface area contributed by atoms with E-state index >= 15 is 0 Å². The maximum absolute atomic E-state index is 13.1. The van der Waals surface area contributed by atoms with Gasteiger partial charge in [0, 0.05) is 10.7 Å². The first-order valence-electron chi connectivity index (χ1n) is 4.87. The first kappa shape index (κ1) is 11.1. The maximum atomic E-state index is 13.1. The lowest BCUT2D eigenvalue weighted by molar-refractivity contribution is 0.627. The third-order valence-corrected chi connectivity index (χ3v) is 2.98. The molecule has 0 spiro atoms. The molecule has 0 radical (unpaired) electrons. The van der Waals surface area contributed by atoms with E-state index in [4.69, 9.17) is 0 Å². The largest absolute Gasteiger partial charge is 0.376 e. The van der Waals surface area contributed by atoms with Crippen molar-refractivity contribution >= 4 is 21.6 Å². The van der Waals surface area contributed by atoms with E-state index < -0.39 is 0 Å². The Morgan fingerprint density at radius 1 is 1.44 bits per heavy atom. The van der Waals surface area contributed by atoms with Gasteiger partial charge in [-0.2, -0.15) is 5.10 Å². The second-order valence-electron chi connectivity index (χ2n) is 3.50. The number of benzene rings is 1. The van der Waals surface area contributed by atoms with Crippen molar-refractivity contribution in [2.75, 3.05) is 5.32 Å². The van der Waals surface area contributed by atoms with Gasteiger partial charge in [-0.05, 0) is 47.1 Å². The molecule has 2 rings (SSSR count). The number of hydrogen-bond acceptors (Lipinski definition) is 2. The Balaban J connectivity index is 2.17. The molecule has 16 heavy (non-hydrogen) atoms. The van der Waals surface area contributed by atoms with E-state index in [0.717, 1.165) is 15.9 Å². The average Bonchev–Trinajstić information content (AvgIpc) is 2.76. The van der Waals surface area contributed by atoms with Gasteiger partial charge in [0.15, 0.2) is 0 Å². The Morgan fingerprint density at radius 2 is 2.25 bits per heavy atom. The van der Waals surface area contributed by atoms with Gasteiger partial charge in [0.25, 0.3) is 0 Å². The van der Waals surface area contributed by atoms with Crippen LogP contribution in [0, 0.1) is 5.82 Å². The van der Waals surface area contributed by atoms with E-state index in [-0.39, 0.29) is 11.9 Å². The van der Waals surface area contributed by atoms with Crippen molar-refractivity contribution in [2.24, 2.45) is 0 Å². The lowest BCUT2D eigenvalue weighted by Gasteiger charge is -2.14. The summed E-state index contributed by atoms with van der Waals surface area (Å²) in [5, 5.41) is 9.94. The SMILES string of the molecule is CC(Nc1cc(F)ccc1Br)c1ccn[nH]1. The molecule has 0 saturated heterocycles. The van der Waals surface area contributed by atoms with Gasteiger partial charge in [0.1, 0.15) is 5.82 Å². The normalized spacial score (nSPS) is 12.4. The van der Waals surface area contributed by atoms with Crippen LogP contribution in [-0.2, 0) is 0 Å². The molecule has 0 amide bonds. The molecule has 1 aromatic carbocycles. The standard InChI is InChI=1S/C11H11BrFN3/c1-7(10-4-5-14-16-10)15-11-6-8(13)2-3-9(11)12/h2-7,15H,1H3,(H,14,16). The van der Waals surface area contributed by atoms with Crippen LogP contribution in [-0.4, -0.2) is 10.2 Å². The van der Waals surface area contributed by atoms with Gasteiger partial charge in [0.2, 0.25) is 0 Å². The van der Waals surface area contributed by atoms with Crippen molar-refractivity contribution in [3.63, 3.8) is 0 Å². The molecular formula is C11H11BrFN3. The molecule has 1 aromatic heterocycles. The van der Waals surface area contributed by atoms with Gasteiger partial charge >= 0.3 is 0 Å². The van der Waals surface area contributed by atoms with Crippen LogP contribution < -0.4 is 5.32 Å². The van der Waals surface area contributed by atoms with E-state index in [1.54, 1.807) is 12.3 Å². The van der Waals surface area contributed by atoms with Gasteiger partial charge in [0.05, 0.1) is 17.4 Å². The van der Waals surface area contributed by atoms with Crippen LogP contribution >= 0.6 is 15.9 Å². The van der Waals surface area contributed by atoms with Gasteiger partial charge in [-0.15, -0.1) is 0 Å². The monoisotopic (exact) mass is 283 g/mol. The molecule has 3 nitrogen and oxygen atoms in total. The minimum Gasteiger partial charge on any atom is -0.376 e. The predicted octanol–water partition coefficient (Wildman–Crippen LogP) is 3.48. The fourth-order valence-electron chi connectivity index (χ4n) is 1.43. The molecule has 2 N–H and O–H groups in total. The first-order valence-corrected chi connectivity index (χ1v) is 5.67. The number of hydrogen-bond donors (Lipinski definition) is 2. The lowest BCUT2D eigenvalue weighted by atomic mass is 10.2. The molecule has 0 saturated carbocycles. The Hall–Kier alpha value is -1.36. The summed E-state index contributed by atoms with van der Waals surface area (Å²) >= 11 is 3.37. The number of nitrogens with zero attached hydrogens (tertiary/aromatic N) is 1. The van der Waals surface area contributed by atoms with E-state index in [0.29, 0.717) is 0 Å². The molecular weight excluding hydrogens is 273 g/mol. The summed E-state index contributed by atoms with van der Waals surface area (Å²) in [4.78, 5) is 0. The minimum atomic E-state index is -0.262. The quantitative estimate of drug-likeness (QED) is 0.905. The van der Waals surface area contributed by atoms with Gasteiger partial charge in [-0.25, -0.2) is 4.39 Å². The predicted molar refractivity (Wildman–Crippen MR) is 64.7 cm³/mol. The number of anilines is 1. The smallest absolute Gasteiger partial charge is 0.125 e. The van der Waals surface area contributed by atoms with Crippen LogP contribution in [0.4, 0.5) is 10.1 Å². The highest BCUT2D eigenvalue weighted by Crippen LogP contribution is 2.26. The summed E-state index contributed by atoms with van der Waals surface area (Å²) in [7, 11) is 0. The number of rotatable bonds is 3. The fourth-order valence-corrected chi connectivity index (χ4v) is 1.79. The summed E-state index contributed by atoms with van der Waals surface area (Å²) in [5.41, 5.74) is 1.68. The lowest BCUT2D eigenvalue weighted by Crippen LogP contribution is -2.07. The minimum absolute atomic E-state index is 0.0422. The summed E-state index contributed by atoms with van der Waals surface area (Å²) in [5.74, 6) is -0.262. The summed E-state index contributed by atoms with van der Waals surface area (Å²) in [6.45, 7) is 1.98. The second kappa shape index (κ2) is 4.65. The zero-order valence-electron chi connectivity index (χ0n) is 8.67. The van der Waals surface area contributed by atoms with Crippen molar-refractivity contribution in [3.8, 4) is 0 Å². The molecule has 1 unspecified atom stereocenters. The van der Waals surface area contributed by atoms with E-state index in [9.17, 15) is 4.39 Å². The Labute approximate surface area is 101 Å².